The van der Waals surface area contributed by atoms with Crippen LogP contribution in [0.4, 0.5) is 0 Å². The van der Waals surface area contributed by atoms with E-state index in [1.54, 1.807) is 30.6 Å². The summed E-state index contributed by atoms with van der Waals surface area (Å²) >= 11 is 0. The van der Waals surface area contributed by atoms with Crippen molar-refractivity contribution in [2.45, 2.75) is 32.1 Å². The third-order valence-corrected chi connectivity index (χ3v) is 3.14. The van der Waals surface area contributed by atoms with Gasteiger partial charge < -0.3 is 10.2 Å². The summed E-state index contributed by atoms with van der Waals surface area (Å²) in [5.74, 6) is -0.920. The molecule has 0 saturated carbocycles. The van der Waals surface area contributed by atoms with Gasteiger partial charge in [-0.1, -0.05) is 0 Å². The molecular formula is C13H17N3O3. The standard InChI is InChI=1S/C13H17N3O3/c1-13(2,12(18)19)10-8-16-11(14-10)6-5-9(15-16)4-3-7-17/h5-6,8,17H,3-4,7H2,1-2H3,(H,18,19). The molecule has 0 bridgehead atoms. The maximum absolute atomic E-state index is 11.2. The van der Waals surface area contributed by atoms with Crippen molar-refractivity contribution >= 4 is 11.6 Å². The van der Waals surface area contributed by atoms with Crippen LogP contribution in [0.15, 0.2) is 18.3 Å². The van der Waals surface area contributed by atoms with Crippen LogP contribution in [0.3, 0.4) is 0 Å². The minimum atomic E-state index is -1.04. The highest BCUT2D eigenvalue weighted by molar-refractivity contribution is 5.79. The second-order valence-corrected chi connectivity index (χ2v) is 5.01. The van der Waals surface area contributed by atoms with Crippen LogP contribution in [0, 0.1) is 0 Å². The molecule has 0 radical (unpaired) electrons. The molecule has 0 aliphatic heterocycles. The van der Waals surface area contributed by atoms with Gasteiger partial charge in [-0.05, 0) is 38.8 Å². The lowest BCUT2D eigenvalue weighted by molar-refractivity contribution is -0.142. The molecule has 102 valence electrons. The van der Waals surface area contributed by atoms with E-state index < -0.39 is 11.4 Å². The maximum Gasteiger partial charge on any atom is 0.315 e. The SMILES string of the molecule is CC(C)(C(=O)O)c1cn2nc(CCCO)ccc2n1. The number of hydrogen-bond acceptors (Lipinski definition) is 4. The van der Waals surface area contributed by atoms with Crippen LogP contribution in [0.5, 0.6) is 0 Å². The van der Waals surface area contributed by atoms with Gasteiger partial charge in [0, 0.05) is 6.61 Å². The Morgan fingerprint density at radius 1 is 1.42 bits per heavy atom. The van der Waals surface area contributed by atoms with Gasteiger partial charge in [0.15, 0.2) is 5.65 Å². The number of aromatic nitrogens is 3. The minimum Gasteiger partial charge on any atom is -0.481 e. The number of carboxylic acids is 1. The summed E-state index contributed by atoms with van der Waals surface area (Å²) < 4.78 is 1.59. The van der Waals surface area contributed by atoms with Crippen LogP contribution in [-0.4, -0.2) is 37.4 Å². The van der Waals surface area contributed by atoms with Crippen molar-refractivity contribution in [2.24, 2.45) is 0 Å². The Hall–Kier alpha value is -1.95. The topological polar surface area (TPSA) is 87.7 Å². The Morgan fingerprint density at radius 2 is 2.16 bits per heavy atom. The largest absolute Gasteiger partial charge is 0.481 e. The number of imidazole rings is 1. The monoisotopic (exact) mass is 263 g/mol. The van der Waals surface area contributed by atoms with Crippen molar-refractivity contribution < 1.29 is 15.0 Å². The summed E-state index contributed by atoms with van der Waals surface area (Å²) in [5, 5.41) is 22.4. The van der Waals surface area contributed by atoms with Crippen LogP contribution < -0.4 is 0 Å². The number of fused-ring (bicyclic) bond motifs is 1. The number of nitrogens with zero attached hydrogens (tertiary/aromatic N) is 3. The molecule has 2 aromatic rings. The summed E-state index contributed by atoms with van der Waals surface area (Å²) in [6.45, 7) is 3.36. The number of hydrogen-bond donors (Lipinski definition) is 2. The smallest absolute Gasteiger partial charge is 0.315 e. The van der Waals surface area contributed by atoms with E-state index in [9.17, 15) is 9.90 Å². The summed E-state index contributed by atoms with van der Waals surface area (Å²) in [6, 6.07) is 3.65. The van der Waals surface area contributed by atoms with Gasteiger partial charge in [0.2, 0.25) is 0 Å². The van der Waals surface area contributed by atoms with E-state index in [4.69, 9.17) is 5.11 Å². The predicted molar refractivity (Wildman–Crippen MR) is 69.1 cm³/mol. The number of aliphatic hydroxyl groups excluding tert-OH is 1. The van der Waals surface area contributed by atoms with Gasteiger partial charge in [-0.15, -0.1) is 0 Å². The first-order chi connectivity index (χ1) is 8.95. The molecule has 6 heteroatoms. The molecule has 0 fully saturated rings. The third kappa shape index (κ3) is 2.58. The number of aryl methyl sites for hydroxylation is 1. The van der Waals surface area contributed by atoms with Gasteiger partial charge in [-0.25, -0.2) is 9.50 Å². The maximum atomic E-state index is 11.2. The second-order valence-electron chi connectivity index (χ2n) is 5.01. The quantitative estimate of drug-likeness (QED) is 0.840. The summed E-state index contributed by atoms with van der Waals surface area (Å²) in [4.78, 5) is 15.5. The summed E-state index contributed by atoms with van der Waals surface area (Å²) in [6.07, 6.45) is 2.98. The van der Waals surface area contributed by atoms with Crippen molar-refractivity contribution in [2.75, 3.05) is 6.61 Å². The average molecular weight is 263 g/mol. The molecule has 2 N–H and O–H groups in total. The van der Waals surface area contributed by atoms with E-state index >= 15 is 0 Å². The Kier molecular flexibility index (Phi) is 3.53. The van der Waals surface area contributed by atoms with Crippen molar-refractivity contribution in [1.82, 2.24) is 14.6 Å². The first kappa shape index (κ1) is 13.5. The molecule has 0 aliphatic rings. The van der Waals surface area contributed by atoms with E-state index in [1.807, 2.05) is 6.07 Å². The number of carbonyl (C=O) groups is 1. The predicted octanol–water partition coefficient (Wildman–Crippen LogP) is 1.02. The first-order valence-electron chi connectivity index (χ1n) is 6.15. The Morgan fingerprint density at radius 3 is 2.79 bits per heavy atom. The fourth-order valence-corrected chi connectivity index (χ4v) is 1.73. The van der Waals surface area contributed by atoms with Crippen LogP contribution in [0.1, 0.15) is 31.7 Å². The van der Waals surface area contributed by atoms with Crippen LogP contribution in [-0.2, 0) is 16.6 Å². The van der Waals surface area contributed by atoms with E-state index in [2.05, 4.69) is 10.1 Å². The normalized spacial score (nSPS) is 11.9. The van der Waals surface area contributed by atoms with Crippen LogP contribution in [0.2, 0.25) is 0 Å². The van der Waals surface area contributed by atoms with E-state index in [0.717, 1.165) is 5.69 Å². The van der Waals surface area contributed by atoms with E-state index in [-0.39, 0.29) is 6.61 Å². The lowest BCUT2D eigenvalue weighted by atomic mass is 9.90. The van der Waals surface area contributed by atoms with Crippen molar-refractivity contribution in [1.29, 1.82) is 0 Å². The summed E-state index contributed by atoms with van der Waals surface area (Å²) in [5.41, 5.74) is 0.904. The number of aliphatic carboxylic acids is 1. The number of carboxylic acid groups (broad SMARTS) is 1. The first-order valence-corrected chi connectivity index (χ1v) is 6.15. The molecule has 6 nitrogen and oxygen atoms in total. The molecule has 2 heterocycles. The van der Waals surface area contributed by atoms with Gasteiger partial charge in [-0.3, -0.25) is 4.79 Å². The molecule has 2 rings (SSSR count). The van der Waals surface area contributed by atoms with Gasteiger partial charge in [0.05, 0.1) is 17.6 Å². The lowest BCUT2D eigenvalue weighted by Gasteiger charge is -2.15. The lowest BCUT2D eigenvalue weighted by Crippen LogP contribution is -2.28. The number of rotatable bonds is 5. The molecule has 0 spiro atoms. The van der Waals surface area contributed by atoms with Gasteiger partial charge in [0.25, 0.3) is 0 Å². The molecule has 0 atom stereocenters. The van der Waals surface area contributed by atoms with Crippen LogP contribution in [0.25, 0.3) is 5.65 Å². The third-order valence-electron chi connectivity index (χ3n) is 3.14. The highest BCUT2D eigenvalue weighted by Crippen LogP contribution is 2.22. The zero-order chi connectivity index (χ0) is 14.0. The molecule has 2 aromatic heterocycles. The molecule has 0 saturated heterocycles. The second kappa shape index (κ2) is 4.97. The fraction of sp³-hybridized carbons (Fsp3) is 0.462. The highest BCUT2D eigenvalue weighted by Gasteiger charge is 2.32. The van der Waals surface area contributed by atoms with Crippen molar-refractivity contribution in [3.63, 3.8) is 0 Å². The van der Waals surface area contributed by atoms with Crippen molar-refractivity contribution in [3.8, 4) is 0 Å². The zero-order valence-electron chi connectivity index (χ0n) is 11.0. The highest BCUT2D eigenvalue weighted by atomic mass is 16.4. The van der Waals surface area contributed by atoms with Crippen molar-refractivity contribution in [3.05, 3.63) is 29.7 Å². The van der Waals surface area contributed by atoms with E-state index in [0.29, 0.717) is 24.2 Å². The van der Waals surface area contributed by atoms with Gasteiger partial charge in [-0.2, -0.15) is 5.10 Å². The van der Waals surface area contributed by atoms with Gasteiger partial charge in [0.1, 0.15) is 5.41 Å². The molecule has 19 heavy (non-hydrogen) atoms. The van der Waals surface area contributed by atoms with E-state index in [1.165, 1.54) is 0 Å². The summed E-state index contributed by atoms with van der Waals surface area (Å²) in [7, 11) is 0. The molecular weight excluding hydrogens is 246 g/mol. The molecule has 0 unspecified atom stereocenters. The number of aliphatic hydroxyl groups is 1. The zero-order valence-corrected chi connectivity index (χ0v) is 11.0. The Labute approximate surface area is 110 Å². The Balaban J connectivity index is 2.38. The Bertz CT molecular complexity index is 604. The molecule has 0 aliphatic carbocycles. The molecule has 0 amide bonds. The molecule has 0 aromatic carbocycles. The fourth-order valence-electron chi connectivity index (χ4n) is 1.73. The van der Waals surface area contributed by atoms with Crippen LogP contribution >= 0.6 is 0 Å². The minimum absolute atomic E-state index is 0.126. The van der Waals surface area contributed by atoms with Gasteiger partial charge >= 0.3 is 5.97 Å². The average Bonchev–Trinajstić information content (AvgIpc) is 2.79.